The van der Waals surface area contributed by atoms with E-state index in [1.807, 2.05) is 16.5 Å². The van der Waals surface area contributed by atoms with E-state index < -0.39 is 5.82 Å². The van der Waals surface area contributed by atoms with E-state index in [0.29, 0.717) is 35.4 Å². The first kappa shape index (κ1) is 22.1. The Hall–Kier alpha value is -3.73. The molecule has 1 aliphatic heterocycles. The van der Waals surface area contributed by atoms with Crippen LogP contribution in [-0.2, 0) is 11.8 Å². The molecule has 5 rings (SSSR count). The van der Waals surface area contributed by atoms with Crippen molar-refractivity contribution in [3.05, 3.63) is 41.2 Å². The summed E-state index contributed by atoms with van der Waals surface area (Å²) >= 11 is 0. The van der Waals surface area contributed by atoms with Crippen molar-refractivity contribution in [3.8, 4) is 23.6 Å². The van der Waals surface area contributed by atoms with Gasteiger partial charge in [-0.3, -0.25) is 4.79 Å². The quantitative estimate of drug-likeness (QED) is 0.602. The molecular formula is C26H27FN6O. The Morgan fingerprint density at radius 2 is 2.03 bits per heavy atom. The van der Waals surface area contributed by atoms with Crippen LogP contribution in [0.25, 0.3) is 27.9 Å². The normalized spacial score (nSPS) is 18.2. The molecule has 0 unspecified atom stereocenters. The molecule has 0 bridgehead atoms. The molecule has 0 aromatic carbocycles. The Kier molecular flexibility index (Phi) is 5.56. The third-order valence-corrected chi connectivity index (χ3v) is 7.15. The van der Waals surface area contributed by atoms with Crippen molar-refractivity contribution in [2.75, 3.05) is 18.8 Å². The van der Waals surface area contributed by atoms with E-state index in [1.54, 1.807) is 13.1 Å². The summed E-state index contributed by atoms with van der Waals surface area (Å²) in [4.78, 5) is 27.8. The molecule has 4 heterocycles. The zero-order valence-corrected chi connectivity index (χ0v) is 19.4. The maximum atomic E-state index is 15.0. The van der Waals surface area contributed by atoms with Crippen LogP contribution in [0.1, 0.15) is 48.9 Å². The summed E-state index contributed by atoms with van der Waals surface area (Å²) in [7, 11) is 1.88. The fourth-order valence-electron chi connectivity index (χ4n) is 5.30. The molecule has 2 N–H and O–H groups in total. The minimum absolute atomic E-state index is 0.00960. The number of aromatic nitrogens is 4. The maximum Gasteiger partial charge on any atom is 0.226 e. The number of hydrogen-bond donors (Lipinski definition) is 1. The molecular weight excluding hydrogens is 431 g/mol. The number of amides is 1. The molecule has 1 aliphatic carbocycles. The van der Waals surface area contributed by atoms with Gasteiger partial charge in [-0.25, -0.2) is 19.3 Å². The number of likely N-dealkylation sites (tertiary alicyclic amines) is 1. The predicted molar refractivity (Wildman–Crippen MR) is 130 cm³/mol. The highest BCUT2D eigenvalue weighted by Gasteiger charge is 2.31. The van der Waals surface area contributed by atoms with Gasteiger partial charge in [0.15, 0.2) is 5.82 Å². The first-order valence-electron chi connectivity index (χ1n) is 11.6. The lowest BCUT2D eigenvalue weighted by Gasteiger charge is -2.26. The van der Waals surface area contributed by atoms with Gasteiger partial charge >= 0.3 is 0 Å². The molecule has 1 amide bonds. The first-order valence-corrected chi connectivity index (χ1v) is 11.6. The monoisotopic (exact) mass is 458 g/mol. The van der Waals surface area contributed by atoms with Gasteiger partial charge in [0.05, 0.1) is 11.1 Å². The Balaban J connectivity index is 1.64. The molecule has 0 saturated carbocycles. The van der Waals surface area contributed by atoms with Crippen molar-refractivity contribution < 1.29 is 9.18 Å². The van der Waals surface area contributed by atoms with Crippen LogP contribution in [0.2, 0.25) is 0 Å². The largest absolute Gasteiger partial charge is 0.383 e. The molecule has 8 heteroatoms. The van der Waals surface area contributed by atoms with Crippen LogP contribution in [0.3, 0.4) is 0 Å². The second-order valence-electron chi connectivity index (χ2n) is 9.08. The highest BCUT2D eigenvalue weighted by molar-refractivity contribution is 6.04. The van der Waals surface area contributed by atoms with Gasteiger partial charge in [0.2, 0.25) is 5.91 Å². The molecule has 0 spiro atoms. The fraction of sp³-hybridized carbons (Fsp3) is 0.385. The first-order chi connectivity index (χ1) is 16.4. The molecule has 0 radical (unpaired) electrons. The third kappa shape index (κ3) is 3.43. The number of carbonyl (C=O) groups is 1. The summed E-state index contributed by atoms with van der Waals surface area (Å²) < 4.78 is 16.9. The minimum atomic E-state index is -0.510. The Bertz CT molecular complexity index is 1380. The summed E-state index contributed by atoms with van der Waals surface area (Å²) in [5, 5.41) is 0.733. The molecule has 174 valence electrons. The van der Waals surface area contributed by atoms with E-state index in [0.717, 1.165) is 54.6 Å². The van der Waals surface area contributed by atoms with Gasteiger partial charge in [0.1, 0.15) is 23.5 Å². The number of halogens is 1. The van der Waals surface area contributed by atoms with Crippen molar-refractivity contribution in [1.82, 2.24) is 24.4 Å². The number of allylic oxidation sites excluding steroid dienone is 2. The average Bonchev–Trinajstić information content (AvgIpc) is 3.48. The molecule has 34 heavy (non-hydrogen) atoms. The van der Waals surface area contributed by atoms with Crippen LogP contribution in [0.4, 0.5) is 10.2 Å². The van der Waals surface area contributed by atoms with Gasteiger partial charge in [-0.15, -0.1) is 6.42 Å². The number of aryl methyl sites for hydroxylation is 1. The van der Waals surface area contributed by atoms with Crippen LogP contribution in [0, 0.1) is 31.0 Å². The van der Waals surface area contributed by atoms with Gasteiger partial charge in [-0.2, -0.15) is 0 Å². The van der Waals surface area contributed by atoms with Crippen molar-refractivity contribution >= 4 is 28.3 Å². The Morgan fingerprint density at radius 1 is 1.26 bits per heavy atom. The summed E-state index contributed by atoms with van der Waals surface area (Å²) in [6, 6.07) is 0. The molecule has 3 aromatic heterocycles. The van der Waals surface area contributed by atoms with Crippen molar-refractivity contribution in [2.24, 2.45) is 13.0 Å². The molecule has 1 saturated heterocycles. The molecule has 1 fully saturated rings. The van der Waals surface area contributed by atoms with Crippen LogP contribution in [0.15, 0.2) is 18.6 Å². The van der Waals surface area contributed by atoms with Crippen molar-refractivity contribution in [2.45, 2.75) is 39.0 Å². The number of pyridine rings is 1. The highest BCUT2D eigenvalue weighted by atomic mass is 19.1. The van der Waals surface area contributed by atoms with Crippen LogP contribution >= 0.6 is 0 Å². The predicted octanol–water partition coefficient (Wildman–Crippen LogP) is 3.85. The van der Waals surface area contributed by atoms with Gasteiger partial charge in [-0.05, 0) is 56.1 Å². The zero-order valence-electron chi connectivity index (χ0n) is 19.4. The number of terminal acetylenes is 1. The second kappa shape index (κ2) is 8.56. The number of nitrogens with zero attached hydrogens (tertiary/aromatic N) is 5. The lowest BCUT2D eigenvalue weighted by molar-refractivity contribution is -0.134. The van der Waals surface area contributed by atoms with E-state index in [4.69, 9.17) is 12.2 Å². The lowest BCUT2D eigenvalue weighted by atomic mass is 9.84. The number of carbonyl (C=O) groups excluding carboxylic acids is 1. The number of nitrogens with two attached hydrogens (primary N) is 1. The number of hydrogen-bond acceptors (Lipinski definition) is 5. The summed E-state index contributed by atoms with van der Waals surface area (Å²) in [6.07, 6.45) is 14.9. The number of fused-ring (bicyclic) bond motifs is 1. The smallest absolute Gasteiger partial charge is 0.226 e. The van der Waals surface area contributed by atoms with E-state index in [-0.39, 0.29) is 17.5 Å². The van der Waals surface area contributed by atoms with Gasteiger partial charge < -0.3 is 15.2 Å². The second-order valence-corrected chi connectivity index (χ2v) is 9.08. The fourth-order valence-corrected chi connectivity index (χ4v) is 5.30. The van der Waals surface area contributed by atoms with E-state index in [9.17, 15) is 9.18 Å². The Labute approximate surface area is 197 Å². The summed E-state index contributed by atoms with van der Waals surface area (Å²) in [6.45, 7) is 3.42. The van der Waals surface area contributed by atoms with Crippen LogP contribution in [0.5, 0.6) is 0 Å². The van der Waals surface area contributed by atoms with E-state index in [2.05, 4.69) is 26.9 Å². The molecule has 2 aliphatic rings. The maximum absolute atomic E-state index is 15.0. The molecule has 3 aromatic rings. The average molecular weight is 459 g/mol. The lowest BCUT2D eigenvalue weighted by Crippen LogP contribution is -2.34. The summed E-state index contributed by atoms with van der Waals surface area (Å²) in [5.41, 5.74) is 10.7. The molecule has 1 atom stereocenters. The van der Waals surface area contributed by atoms with Crippen LogP contribution < -0.4 is 5.73 Å². The number of anilines is 1. The summed E-state index contributed by atoms with van der Waals surface area (Å²) in [5.74, 6) is 2.40. The van der Waals surface area contributed by atoms with Gasteiger partial charge in [0.25, 0.3) is 0 Å². The minimum Gasteiger partial charge on any atom is -0.383 e. The third-order valence-electron chi connectivity index (χ3n) is 7.15. The molecule has 7 nitrogen and oxygen atoms in total. The SMILES string of the molecule is C#Cc1ncc(-c2c(C3=CC[C@@H](C(=O)N4CCCC4)CC3)c3c(N)ncnc3n2C)c(C)c1F. The van der Waals surface area contributed by atoms with Crippen LogP contribution in [-0.4, -0.2) is 43.4 Å². The van der Waals surface area contributed by atoms with Gasteiger partial charge in [0, 0.05) is 43.4 Å². The standard InChI is InChI=1S/C26H27FN6O/c1-4-19-22(27)15(2)18(13-29-19)23-20(21-24(28)30-14-31-25(21)32(23)3)16-7-9-17(10-8-16)26(34)33-11-5-6-12-33/h1,7,13-14,17H,5-6,8-12H2,2-3H3,(H2,28,30,31)/t17-/m1/s1. The number of nitrogen functional groups attached to an aromatic ring is 1. The van der Waals surface area contributed by atoms with E-state index >= 15 is 0 Å². The van der Waals surface area contributed by atoms with E-state index in [1.165, 1.54) is 6.33 Å². The van der Waals surface area contributed by atoms with Gasteiger partial charge in [-0.1, -0.05) is 6.08 Å². The zero-order chi connectivity index (χ0) is 24.0. The number of rotatable bonds is 3. The highest BCUT2D eigenvalue weighted by Crippen LogP contribution is 2.43. The Morgan fingerprint density at radius 3 is 2.71 bits per heavy atom. The van der Waals surface area contributed by atoms with Crippen molar-refractivity contribution in [1.29, 1.82) is 0 Å². The van der Waals surface area contributed by atoms with Crippen molar-refractivity contribution in [3.63, 3.8) is 0 Å². The topological polar surface area (TPSA) is 89.9 Å².